The average molecular weight is 437 g/mol. The van der Waals surface area contributed by atoms with E-state index in [1.165, 1.54) is 71.5 Å². The lowest BCUT2D eigenvalue weighted by Crippen LogP contribution is -1.91. The van der Waals surface area contributed by atoms with Crippen LogP contribution in [0.3, 0.4) is 0 Å². The molecule has 0 fully saturated rings. The van der Waals surface area contributed by atoms with Gasteiger partial charge in [-0.25, -0.2) is 0 Å². The van der Waals surface area contributed by atoms with E-state index < -0.39 is 0 Å². The van der Waals surface area contributed by atoms with Gasteiger partial charge in [-0.3, -0.25) is 0 Å². The van der Waals surface area contributed by atoms with Crippen molar-refractivity contribution in [3.05, 3.63) is 108 Å². The van der Waals surface area contributed by atoms with Crippen LogP contribution in [-0.2, 0) is 0 Å². The number of hydrogen-bond acceptors (Lipinski definition) is 0. The van der Waals surface area contributed by atoms with Gasteiger partial charge in [0, 0.05) is 43.7 Å². The van der Waals surface area contributed by atoms with Crippen molar-refractivity contribution in [2.24, 2.45) is 0 Å². The number of nitrogens with one attached hydrogen (secondary N) is 2. The molecule has 0 saturated carbocycles. The first-order valence-electron chi connectivity index (χ1n) is 11.8. The lowest BCUT2D eigenvalue weighted by molar-refractivity contribution is 1.34. The lowest BCUT2D eigenvalue weighted by Gasteiger charge is -2.16. The molecule has 5 aromatic carbocycles. The van der Waals surface area contributed by atoms with Gasteiger partial charge in [0.05, 0.1) is 11.0 Å². The molecule has 0 aliphatic heterocycles. The highest BCUT2D eigenvalue weighted by atomic mass is 14.8. The SMILES string of the molecule is Cc1ccc(-c2c(-c3ccccc3)c3[nH]c4ccccc4c3c3[nH]c4ccccc4c23)cc1C. The molecule has 2 aromatic heterocycles. The summed E-state index contributed by atoms with van der Waals surface area (Å²) in [5, 5.41) is 5.05. The molecule has 2 N–H and O–H groups in total. The number of aromatic amines is 2. The summed E-state index contributed by atoms with van der Waals surface area (Å²) >= 11 is 0. The minimum atomic E-state index is 1.16. The molecular weight excluding hydrogens is 412 g/mol. The van der Waals surface area contributed by atoms with E-state index in [-0.39, 0.29) is 0 Å². The molecule has 0 spiro atoms. The van der Waals surface area contributed by atoms with Gasteiger partial charge in [-0.15, -0.1) is 0 Å². The van der Waals surface area contributed by atoms with Crippen molar-refractivity contribution in [2.75, 3.05) is 0 Å². The van der Waals surface area contributed by atoms with E-state index in [0.717, 1.165) is 5.52 Å². The molecule has 7 rings (SSSR count). The van der Waals surface area contributed by atoms with Crippen molar-refractivity contribution in [1.82, 2.24) is 9.97 Å². The van der Waals surface area contributed by atoms with E-state index >= 15 is 0 Å². The monoisotopic (exact) mass is 436 g/mol. The zero-order valence-corrected chi connectivity index (χ0v) is 19.2. The first-order valence-corrected chi connectivity index (χ1v) is 11.8. The van der Waals surface area contributed by atoms with Crippen LogP contribution in [0.2, 0.25) is 0 Å². The number of para-hydroxylation sites is 2. The number of benzene rings is 5. The van der Waals surface area contributed by atoms with Gasteiger partial charge in [-0.05, 0) is 48.2 Å². The van der Waals surface area contributed by atoms with E-state index in [1.54, 1.807) is 0 Å². The number of hydrogen-bond donors (Lipinski definition) is 2. The van der Waals surface area contributed by atoms with Crippen LogP contribution >= 0.6 is 0 Å². The highest BCUT2D eigenvalue weighted by molar-refractivity contribution is 6.32. The Morgan fingerprint density at radius 3 is 1.79 bits per heavy atom. The Labute approximate surface area is 197 Å². The first kappa shape index (κ1) is 19.2. The van der Waals surface area contributed by atoms with Crippen LogP contribution in [0.4, 0.5) is 0 Å². The second-order valence-corrected chi connectivity index (χ2v) is 9.26. The predicted molar refractivity (Wildman–Crippen MR) is 146 cm³/mol. The zero-order valence-electron chi connectivity index (χ0n) is 19.2. The molecule has 0 aliphatic rings. The van der Waals surface area contributed by atoms with Gasteiger partial charge >= 0.3 is 0 Å². The maximum absolute atomic E-state index is 3.80. The summed E-state index contributed by atoms with van der Waals surface area (Å²) in [6.45, 7) is 4.38. The van der Waals surface area contributed by atoms with E-state index in [9.17, 15) is 0 Å². The number of rotatable bonds is 2. The molecule has 162 valence electrons. The summed E-state index contributed by atoms with van der Waals surface area (Å²) in [5.74, 6) is 0. The fourth-order valence-corrected chi connectivity index (χ4v) is 5.51. The van der Waals surface area contributed by atoms with Crippen molar-refractivity contribution >= 4 is 43.6 Å². The summed E-state index contributed by atoms with van der Waals surface area (Å²) < 4.78 is 0. The Balaban J connectivity index is 1.82. The number of aryl methyl sites for hydroxylation is 2. The van der Waals surface area contributed by atoms with Crippen molar-refractivity contribution in [1.29, 1.82) is 0 Å². The van der Waals surface area contributed by atoms with E-state index in [1.807, 2.05) is 0 Å². The zero-order chi connectivity index (χ0) is 22.8. The summed E-state index contributed by atoms with van der Waals surface area (Å²) in [6.07, 6.45) is 0. The van der Waals surface area contributed by atoms with Gasteiger partial charge < -0.3 is 9.97 Å². The summed E-state index contributed by atoms with van der Waals surface area (Å²) in [6, 6.07) is 35.0. The van der Waals surface area contributed by atoms with Gasteiger partial charge in [0.1, 0.15) is 0 Å². The van der Waals surface area contributed by atoms with Crippen LogP contribution in [0, 0.1) is 13.8 Å². The lowest BCUT2D eigenvalue weighted by atomic mass is 9.87. The Morgan fingerprint density at radius 2 is 1.09 bits per heavy atom. The molecule has 0 radical (unpaired) electrons. The maximum atomic E-state index is 3.80. The molecule has 2 heterocycles. The Kier molecular flexibility index (Phi) is 4.01. The molecule has 0 amide bonds. The van der Waals surface area contributed by atoms with E-state index in [2.05, 4.69) is 121 Å². The van der Waals surface area contributed by atoms with Crippen LogP contribution in [0.15, 0.2) is 97.1 Å². The normalized spacial score (nSPS) is 11.8. The van der Waals surface area contributed by atoms with Gasteiger partial charge in [0.25, 0.3) is 0 Å². The van der Waals surface area contributed by atoms with E-state index in [4.69, 9.17) is 0 Å². The van der Waals surface area contributed by atoms with Crippen LogP contribution < -0.4 is 0 Å². The first-order chi connectivity index (χ1) is 16.7. The number of H-pyrrole nitrogens is 2. The molecule has 34 heavy (non-hydrogen) atoms. The van der Waals surface area contributed by atoms with Gasteiger partial charge in [0.2, 0.25) is 0 Å². The largest absolute Gasteiger partial charge is 0.354 e. The summed E-state index contributed by atoms with van der Waals surface area (Å²) in [5.41, 5.74) is 12.3. The predicted octanol–water partition coefficient (Wildman–Crippen LogP) is 8.91. The van der Waals surface area contributed by atoms with Crippen molar-refractivity contribution in [3.8, 4) is 22.3 Å². The van der Waals surface area contributed by atoms with Crippen molar-refractivity contribution in [3.63, 3.8) is 0 Å². The third-order valence-electron chi connectivity index (χ3n) is 7.27. The minimum Gasteiger partial charge on any atom is -0.354 e. The molecule has 2 heteroatoms. The standard InChI is InChI=1S/C32H24N2/c1-19-16-17-22(18-20(19)2)27-28(21-10-4-3-5-11-21)31-30(24-13-7-9-15-26(24)33-31)32-29(27)23-12-6-8-14-25(23)34-32/h3-18,33-34H,1-2H3. The average Bonchev–Trinajstić information content (AvgIpc) is 3.44. The Hall–Kier alpha value is -4.30. The maximum Gasteiger partial charge on any atom is 0.0573 e. The topological polar surface area (TPSA) is 31.6 Å². The third kappa shape index (κ3) is 2.63. The second kappa shape index (κ2) is 7.10. The smallest absolute Gasteiger partial charge is 0.0573 e. The second-order valence-electron chi connectivity index (χ2n) is 9.26. The molecule has 0 bridgehead atoms. The van der Waals surface area contributed by atoms with E-state index in [0.29, 0.717) is 0 Å². The van der Waals surface area contributed by atoms with Crippen LogP contribution in [-0.4, -0.2) is 9.97 Å². The van der Waals surface area contributed by atoms with Crippen LogP contribution in [0.1, 0.15) is 11.1 Å². The molecule has 2 nitrogen and oxygen atoms in total. The van der Waals surface area contributed by atoms with Crippen molar-refractivity contribution < 1.29 is 0 Å². The highest BCUT2D eigenvalue weighted by Crippen LogP contribution is 2.48. The third-order valence-corrected chi connectivity index (χ3v) is 7.27. The number of fused-ring (bicyclic) bond motifs is 7. The molecule has 0 saturated heterocycles. The van der Waals surface area contributed by atoms with Crippen LogP contribution in [0.5, 0.6) is 0 Å². The fraction of sp³-hybridized carbons (Fsp3) is 0.0625. The molecule has 7 aromatic rings. The summed E-state index contributed by atoms with van der Waals surface area (Å²) in [4.78, 5) is 7.59. The van der Waals surface area contributed by atoms with Crippen LogP contribution in [0.25, 0.3) is 65.9 Å². The van der Waals surface area contributed by atoms with Crippen molar-refractivity contribution in [2.45, 2.75) is 13.8 Å². The Bertz CT molecular complexity index is 1870. The van der Waals surface area contributed by atoms with Gasteiger partial charge in [0.15, 0.2) is 0 Å². The Morgan fingerprint density at radius 1 is 0.471 bits per heavy atom. The fourth-order valence-electron chi connectivity index (χ4n) is 5.51. The molecule has 0 unspecified atom stereocenters. The van der Waals surface area contributed by atoms with Gasteiger partial charge in [-0.1, -0.05) is 84.9 Å². The molecular formula is C32H24N2. The molecule has 0 aliphatic carbocycles. The number of aromatic nitrogens is 2. The minimum absolute atomic E-state index is 1.16. The van der Waals surface area contributed by atoms with Gasteiger partial charge in [-0.2, -0.15) is 0 Å². The quantitative estimate of drug-likeness (QED) is 0.271. The summed E-state index contributed by atoms with van der Waals surface area (Å²) in [7, 11) is 0. The highest BCUT2D eigenvalue weighted by Gasteiger charge is 2.23. The molecule has 0 atom stereocenters.